The van der Waals surface area contributed by atoms with Gasteiger partial charge in [-0.15, -0.1) is 10.2 Å². The number of benzene rings is 1. The fourth-order valence-corrected chi connectivity index (χ4v) is 1.90. The van der Waals surface area contributed by atoms with E-state index in [2.05, 4.69) is 24.0 Å². The van der Waals surface area contributed by atoms with E-state index >= 15 is 0 Å². The van der Waals surface area contributed by atoms with Crippen LogP contribution < -0.4 is 15.2 Å². The molecule has 1 aromatic heterocycles. The molecule has 0 bridgehead atoms. The van der Waals surface area contributed by atoms with Gasteiger partial charge in [-0.3, -0.25) is 0 Å². The van der Waals surface area contributed by atoms with Crippen LogP contribution in [-0.2, 0) is 0 Å². The number of hydrogen-bond donors (Lipinski definition) is 1. The third kappa shape index (κ3) is 2.33. The van der Waals surface area contributed by atoms with Gasteiger partial charge in [0.05, 0.1) is 14.2 Å². The largest absolute Gasteiger partial charge is 0.493 e. The summed E-state index contributed by atoms with van der Waals surface area (Å²) in [5.41, 5.74) is 7.42. The summed E-state index contributed by atoms with van der Waals surface area (Å²) in [6, 6.07) is 3.79. The van der Waals surface area contributed by atoms with E-state index in [0.29, 0.717) is 23.0 Å². The molecular formula is C13H18N4O2. The van der Waals surface area contributed by atoms with Crippen LogP contribution in [0.5, 0.6) is 11.5 Å². The first kappa shape index (κ1) is 13.2. The van der Waals surface area contributed by atoms with Crippen molar-refractivity contribution in [3.63, 3.8) is 0 Å². The van der Waals surface area contributed by atoms with E-state index in [4.69, 9.17) is 15.2 Å². The van der Waals surface area contributed by atoms with Crippen LogP contribution in [0.25, 0.3) is 11.4 Å². The molecule has 2 aromatic rings. The van der Waals surface area contributed by atoms with Crippen LogP contribution in [0, 0.1) is 0 Å². The number of ether oxygens (including phenoxy) is 2. The molecule has 2 rings (SSSR count). The Morgan fingerprint density at radius 3 is 2.37 bits per heavy atom. The third-order valence-corrected chi connectivity index (χ3v) is 2.93. The van der Waals surface area contributed by atoms with Crippen LogP contribution in [0.2, 0.25) is 0 Å². The minimum atomic E-state index is 0.248. The molecule has 102 valence electrons. The molecule has 0 aliphatic rings. The fourth-order valence-electron chi connectivity index (χ4n) is 1.90. The van der Waals surface area contributed by atoms with Crippen LogP contribution >= 0.6 is 0 Å². The summed E-state index contributed by atoms with van der Waals surface area (Å²) in [5, 5.41) is 8.08. The van der Waals surface area contributed by atoms with E-state index in [1.165, 1.54) is 0 Å². The Kier molecular flexibility index (Phi) is 3.59. The predicted octanol–water partition coefficient (Wildman–Crippen LogP) is 2.13. The van der Waals surface area contributed by atoms with Crippen molar-refractivity contribution in [2.75, 3.05) is 20.0 Å². The zero-order valence-corrected chi connectivity index (χ0v) is 11.5. The van der Waals surface area contributed by atoms with E-state index in [-0.39, 0.29) is 6.04 Å². The summed E-state index contributed by atoms with van der Waals surface area (Å²) < 4.78 is 12.5. The summed E-state index contributed by atoms with van der Waals surface area (Å²) in [7, 11) is 3.17. The molecule has 0 spiro atoms. The van der Waals surface area contributed by atoms with Crippen molar-refractivity contribution in [3.05, 3.63) is 18.5 Å². The van der Waals surface area contributed by atoms with Crippen molar-refractivity contribution in [1.29, 1.82) is 0 Å². The van der Waals surface area contributed by atoms with Crippen LogP contribution in [-0.4, -0.2) is 29.0 Å². The molecule has 0 unspecified atom stereocenters. The van der Waals surface area contributed by atoms with Crippen molar-refractivity contribution in [1.82, 2.24) is 14.8 Å². The van der Waals surface area contributed by atoms with Crippen molar-refractivity contribution >= 4 is 5.69 Å². The number of nitrogen functional groups attached to an aromatic ring is 1. The Morgan fingerprint density at radius 2 is 1.79 bits per heavy atom. The third-order valence-electron chi connectivity index (χ3n) is 2.93. The molecule has 0 saturated heterocycles. The van der Waals surface area contributed by atoms with Gasteiger partial charge in [0.2, 0.25) is 0 Å². The number of methoxy groups -OCH3 is 2. The lowest BCUT2D eigenvalue weighted by Gasteiger charge is -2.14. The van der Waals surface area contributed by atoms with Gasteiger partial charge in [0, 0.05) is 23.4 Å². The highest BCUT2D eigenvalue weighted by molar-refractivity contribution is 5.76. The average Bonchev–Trinajstić information content (AvgIpc) is 2.87. The van der Waals surface area contributed by atoms with Gasteiger partial charge in [-0.25, -0.2) is 0 Å². The van der Waals surface area contributed by atoms with Gasteiger partial charge in [0.25, 0.3) is 0 Å². The molecule has 19 heavy (non-hydrogen) atoms. The van der Waals surface area contributed by atoms with Crippen LogP contribution in [0.3, 0.4) is 0 Å². The first-order valence-corrected chi connectivity index (χ1v) is 5.99. The quantitative estimate of drug-likeness (QED) is 0.854. The fraction of sp³-hybridized carbons (Fsp3) is 0.385. The molecule has 0 radical (unpaired) electrons. The summed E-state index contributed by atoms with van der Waals surface area (Å²) in [6.45, 7) is 4.12. The molecule has 6 nitrogen and oxygen atoms in total. The summed E-state index contributed by atoms with van der Waals surface area (Å²) in [5.74, 6) is 1.93. The highest BCUT2D eigenvalue weighted by atomic mass is 16.5. The van der Waals surface area contributed by atoms with Gasteiger partial charge in [-0.1, -0.05) is 0 Å². The standard InChI is InChI=1S/C13H18N4O2/c1-8(2)17-7-15-16-13(17)9-5-11(18-3)12(19-4)6-10(9)14/h5-8H,14H2,1-4H3. The van der Waals surface area contributed by atoms with Crippen LogP contribution in [0.15, 0.2) is 18.5 Å². The first-order chi connectivity index (χ1) is 9.08. The molecule has 0 atom stereocenters. The Balaban J connectivity index is 2.59. The molecule has 2 N–H and O–H groups in total. The second kappa shape index (κ2) is 5.17. The highest BCUT2D eigenvalue weighted by Crippen LogP contribution is 2.36. The molecule has 1 aromatic carbocycles. The van der Waals surface area contributed by atoms with Crippen LogP contribution in [0.4, 0.5) is 5.69 Å². The van der Waals surface area contributed by atoms with E-state index in [1.807, 2.05) is 10.6 Å². The first-order valence-electron chi connectivity index (χ1n) is 5.99. The van der Waals surface area contributed by atoms with Gasteiger partial charge >= 0.3 is 0 Å². The maximum absolute atomic E-state index is 6.06. The molecule has 6 heteroatoms. The van der Waals surface area contributed by atoms with Gasteiger partial charge in [0.1, 0.15) is 6.33 Å². The van der Waals surface area contributed by atoms with Gasteiger partial charge in [-0.2, -0.15) is 0 Å². The lowest BCUT2D eigenvalue weighted by Crippen LogP contribution is -2.04. The second-order valence-corrected chi connectivity index (χ2v) is 4.45. The molecule has 0 aliphatic carbocycles. The summed E-state index contributed by atoms with van der Waals surface area (Å²) in [6.07, 6.45) is 1.69. The number of anilines is 1. The average molecular weight is 262 g/mol. The Morgan fingerprint density at radius 1 is 1.16 bits per heavy atom. The Labute approximate surface area is 112 Å². The Bertz CT molecular complexity index is 578. The molecule has 0 saturated carbocycles. The maximum Gasteiger partial charge on any atom is 0.166 e. The smallest absolute Gasteiger partial charge is 0.166 e. The number of aromatic nitrogens is 3. The Hall–Kier alpha value is -2.24. The van der Waals surface area contributed by atoms with E-state index < -0.39 is 0 Å². The number of nitrogens with zero attached hydrogens (tertiary/aromatic N) is 3. The summed E-state index contributed by atoms with van der Waals surface area (Å²) in [4.78, 5) is 0. The van der Waals surface area contributed by atoms with E-state index in [0.717, 1.165) is 5.56 Å². The molecular weight excluding hydrogens is 244 g/mol. The minimum absolute atomic E-state index is 0.248. The van der Waals surface area contributed by atoms with Gasteiger partial charge in [0.15, 0.2) is 17.3 Å². The molecule has 0 aliphatic heterocycles. The van der Waals surface area contributed by atoms with Gasteiger partial charge < -0.3 is 19.8 Å². The zero-order valence-electron chi connectivity index (χ0n) is 11.5. The maximum atomic E-state index is 6.06. The van der Waals surface area contributed by atoms with Gasteiger partial charge in [-0.05, 0) is 19.9 Å². The van der Waals surface area contributed by atoms with E-state index in [1.54, 1.807) is 26.6 Å². The monoisotopic (exact) mass is 262 g/mol. The second-order valence-electron chi connectivity index (χ2n) is 4.45. The molecule has 0 amide bonds. The normalized spacial score (nSPS) is 10.8. The van der Waals surface area contributed by atoms with Crippen molar-refractivity contribution < 1.29 is 9.47 Å². The highest BCUT2D eigenvalue weighted by Gasteiger charge is 2.16. The number of rotatable bonds is 4. The molecule has 0 fully saturated rings. The predicted molar refractivity (Wildman–Crippen MR) is 73.4 cm³/mol. The minimum Gasteiger partial charge on any atom is -0.493 e. The number of hydrogen-bond acceptors (Lipinski definition) is 5. The SMILES string of the molecule is COc1cc(N)c(-c2nncn2C(C)C)cc1OC. The zero-order chi connectivity index (χ0) is 14.0. The summed E-state index contributed by atoms with van der Waals surface area (Å²) >= 11 is 0. The van der Waals surface area contributed by atoms with E-state index in [9.17, 15) is 0 Å². The lowest BCUT2D eigenvalue weighted by molar-refractivity contribution is 0.355. The number of nitrogens with two attached hydrogens (primary N) is 1. The topological polar surface area (TPSA) is 75.2 Å². The molecule has 1 heterocycles. The van der Waals surface area contributed by atoms with Crippen molar-refractivity contribution in [2.24, 2.45) is 0 Å². The van der Waals surface area contributed by atoms with Crippen molar-refractivity contribution in [3.8, 4) is 22.9 Å². The van der Waals surface area contributed by atoms with Crippen LogP contribution in [0.1, 0.15) is 19.9 Å². The lowest BCUT2D eigenvalue weighted by atomic mass is 10.1. The van der Waals surface area contributed by atoms with Crippen molar-refractivity contribution in [2.45, 2.75) is 19.9 Å².